The molecule has 0 saturated heterocycles. The second kappa shape index (κ2) is 20.1. The van der Waals surface area contributed by atoms with Gasteiger partial charge in [-0.1, -0.05) is 67.9 Å². The second-order valence-electron chi connectivity index (χ2n) is 5.08. The van der Waals surface area contributed by atoms with Crippen molar-refractivity contribution in [3.63, 3.8) is 0 Å². The Morgan fingerprint density at radius 3 is 0.889 bits per heavy atom. The molecule has 3 aromatic rings. The van der Waals surface area contributed by atoms with Gasteiger partial charge in [0.1, 0.15) is 17.2 Å². The van der Waals surface area contributed by atoms with Gasteiger partial charge in [-0.15, -0.1) is 0 Å². The Bertz CT molecular complexity index is 543. The van der Waals surface area contributed by atoms with Crippen LogP contribution in [0.4, 0.5) is 0 Å². The summed E-state index contributed by atoms with van der Waals surface area (Å²) in [7, 11) is 0. The van der Waals surface area contributed by atoms with Crippen molar-refractivity contribution < 1.29 is 42.1 Å². The fourth-order valence-electron chi connectivity index (χ4n) is 1.44. The Morgan fingerprint density at radius 2 is 0.815 bits per heavy atom. The van der Waals surface area contributed by atoms with Gasteiger partial charge in [-0.3, -0.25) is 0 Å². The minimum atomic E-state index is 0. The fourth-order valence-corrected chi connectivity index (χ4v) is 1.44. The molecule has 4 N–H and O–H groups in total. The summed E-state index contributed by atoms with van der Waals surface area (Å²) in [6, 6.07) is 26.1. The third kappa shape index (κ3) is 19.9. The van der Waals surface area contributed by atoms with E-state index in [9.17, 15) is 0 Å². The molecule has 0 aliphatic heterocycles. The van der Waals surface area contributed by atoms with Gasteiger partial charge >= 0.3 is 0 Å². The monoisotopic (exact) mass is 404 g/mol. The first-order valence-corrected chi connectivity index (χ1v) is 8.43. The first kappa shape index (κ1) is 27.0. The molecule has 0 radical (unpaired) electrons. The average molecular weight is 404 g/mol. The summed E-state index contributed by atoms with van der Waals surface area (Å²) < 4.78 is 0. The molecule has 5 heteroatoms. The summed E-state index contributed by atoms with van der Waals surface area (Å²) in [6.45, 7) is 2.40. The molecule has 0 spiro atoms. The number of aliphatic hydroxyl groups excluding tert-OH is 1. The van der Waals surface area contributed by atoms with Gasteiger partial charge in [0.15, 0.2) is 0 Å². The molecule has 0 amide bonds. The SMILES string of the molecule is CCCCO.Oc1ccccc1.Oc1ccccc1.Oc1ccccc1.[Ti]. The quantitative estimate of drug-likeness (QED) is 0.456. The molecule has 0 fully saturated rings. The summed E-state index contributed by atoms with van der Waals surface area (Å²) >= 11 is 0. The number of unbranched alkanes of at least 4 members (excludes halogenated alkanes) is 1. The predicted octanol–water partition coefficient (Wildman–Crippen LogP) is 4.95. The molecule has 3 rings (SSSR count). The first-order chi connectivity index (χ1) is 12.6. The maximum atomic E-state index is 8.63. The molecule has 3 aromatic carbocycles. The van der Waals surface area contributed by atoms with Crippen LogP contribution < -0.4 is 0 Å². The zero-order chi connectivity index (χ0) is 19.5. The van der Waals surface area contributed by atoms with Gasteiger partial charge in [0, 0.05) is 28.3 Å². The van der Waals surface area contributed by atoms with E-state index < -0.39 is 0 Å². The van der Waals surface area contributed by atoms with E-state index in [4.69, 9.17) is 20.4 Å². The number of hydrogen-bond donors (Lipinski definition) is 4. The van der Waals surface area contributed by atoms with E-state index >= 15 is 0 Å². The van der Waals surface area contributed by atoms with Crippen molar-refractivity contribution in [2.24, 2.45) is 0 Å². The molecule has 0 aliphatic rings. The van der Waals surface area contributed by atoms with Crippen LogP contribution in [0.2, 0.25) is 0 Å². The number of aromatic hydroxyl groups is 3. The average Bonchev–Trinajstić information content (AvgIpc) is 2.66. The molecule has 0 bridgehead atoms. The Kier molecular flexibility index (Phi) is 20.0. The Morgan fingerprint density at radius 1 is 0.556 bits per heavy atom. The summed E-state index contributed by atoms with van der Waals surface area (Å²) in [4.78, 5) is 0. The van der Waals surface area contributed by atoms with Crippen LogP contribution in [-0.4, -0.2) is 27.0 Å². The fraction of sp³-hybridized carbons (Fsp3) is 0.182. The zero-order valence-corrected chi connectivity index (χ0v) is 17.1. The van der Waals surface area contributed by atoms with Gasteiger partial charge in [0.05, 0.1) is 0 Å². The summed E-state index contributed by atoms with van der Waals surface area (Å²) in [6.07, 6.45) is 2.04. The molecule has 0 heterocycles. The summed E-state index contributed by atoms with van der Waals surface area (Å²) in [5.74, 6) is 0.965. The van der Waals surface area contributed by atoms with E-state index in [1.165, 1.54) is 0 Å². The normalized spacial score (nSPS) is 8.22. The number of phenols is 3. The van der Waals surface area contributed by atoms with Crippen LogP contribution in [0.3, 0.4) is 0 Å². The topological polar surface area (TPSA) is 80.9 Å². The van der Waals surface area contributed by atoms with Crippen LogP contribution in [-0.2, 0) is 21.7 Å². The smallest absolute Gasteiger partial charge is 0.115 e. The molecule has 0 aliphatic carbocycles. The Hall–Kier alpha value is -2.27. The van der Waals surface area contributed by atoms with Crippen molar-refractivity contribution in [2.45, 2.75) is 19.8 Å². The van der Waals surface area contributed by atoms with Crippen LogP contribution in [0.25, 0.3) is 0 Å². The molecule has 0 unspecified atom stereocenters. The third-order valence-corrected chi connectivity index (χ3v) is 2.78. The van der Waals surface area contributed by atoms with Gasteiger partial charge in [0.25, 0.3) is 0 Å². The molecule has 27 heavy (non-hydrogen) atoms. The third-order valence-electron chi connectivity index (χ3n) is 2.78. The van der Waals surface area contributed by atoms with Crippen molar-refractivity contribution >= 4 is 0 Å². The van der Waals surface area contributed by atoms with E-state index in [1.807, 2.05) is 18.2 Å². The van der Waals surface area contributed by atoms with Crippen LogP contribution >= 0.6 is 0 Å². The van der Waals surface area contributed by atoms with Crippen LogP contribution in [0.15, 0.2) is 91.0 Å². The maximum Gasteiger partial charge on any atom is 0.115 e. The summed E-state index contributed by atoms with van der Waals surface area (Å²) in [5, 5.41) is 34.0. The van der Waals surface area contributed by atoms with Gasteiger partial charge in [0.2, 0.25) is 0 Å². The van der Waals surface area contributed by atoms with Crippen molar-refractivity contribution in [3.8, 4) is 17.2 Å². The molecule has 0 aromatic heterocycles. The van der Waals surface area contributed by atoms with Gasteiger partial charge in [-0.25, -0.2) is 0 Å². The minimum Gasteiger partial charge on any atom is -0.508 e. The molecule has 0 saturated carbocycles. The van der Waals surface area contributed by atoms with E-state index in [0.717, 1.165) is 12.8 Å². The van der Waals surface area contributed by atoms with Crippen LogP contribution in [0, 0.1) is 0 Å². The van der Waals surface area contributed by atoms with Crippen molar-refractivity contribution in [1.29, 1.82) is 0 Å². The molecular weight excluding hydrogens is 376 g/mol. The van der Waals surface area contributed by atoms with E-state index in [2.05, 4.69) is 6.92 Å². The number of benzene rings is 3. The second-order valence-corrected chi connectivity index (χ2v) is 5.08. The standard InChI is InChI=1S/3C6H6O.C4H10O.Ti/c3*7-6-4-2-1-3-5-6;1-2-3-4-5;/h3*1-5,7H;5H,2-4H2,1H3;. The number of para-hydroxylation sites is 3. The minimum absolute atomic E-state index is 0. The van der Waals surface area contributed by atoms with E-state index in [1.54, 1.807) is 72.8 Å². The van der Waals surface area contributed by atoms with Gasteiger partial charge < -0.3 is 20.4 Å². The Balaban J connectivity index is 0. The number of aliphatic hydroxyl groups is 1. The van der Waals surface area contributed by atoms with Crippen molar-refractivity contribution in [2.75, 3.05) is 6.61 Å². The maximum absolute atomic E-state index is 8.63. The van der Waals surface area contributed by atoms with E-state index in [0.29, 0.717) is 23.9 Å². The summed E-state index contributed by atoms with van der Waals surface area (Å²) in [5.41, 5.74) is 0. The largest absolute Gasteiger partial charge is 0.508 e. The molecule has 4 nitrogen and oxygen atoms in total. The van der Waals surface area contributed by atoms with Gasteiger partial charge in [-0.05, 0) is 42.8 Å². The predicted molar refractivity (Wildman–Crippen MR) is 106 cm³/mol. The molecular formula is C22H28O4Ti. The number of rotatable bonds is 2. The van der Waals surface area contributed by atoms with E-state index in [-0.39, 0.29) is 21.7 Å². The Labute approximate surface area is 176 Å². The van der Waals surface area contributed by atoms with Gasteiger partial charge in [-0.2, -0.15) is 0 Å². The van der Waals surface area contributed by atoms with Crippen molar-refractivity contribution in [3.05, 3.63) is 91.0 Å². The molecule has 144 valence electrons. The number of hydrogen-bond acceptors (Lipinski definition) is 4. The molecule has 0 atom stereocenters. The van der Waals surface area contributed by atoms with Crippen LogP contribution in [0.5, 0.6) is 17.2 Å². The zero-order valence-electron chi connectivity index (χ0n) is 15.6. The number of phenolic OH excluding ortho intramolecular Hbond substituents is 3. The first-order valence-electron chi connectivity index (χ1n) is 8.43. The van der Waals surface area contributed by atoms with Crippen LogP contribution in [0.1, 0.15) is 19.8 Å². The van der Waals surface area contributed by atoms with Crippen molar-refractivity contribution in [1.82, 2.24) is 0 Å².